The SMILES string of the molecule is COc1cccc2c1C(=O)c1c(O)c3c(c(O)c1C2=O)C[C@@](O)(C(C)=O)C[C@@H]3OC1CC(N=[N+]=[N-])C(OC2CC(OC)C(O)C(C)O2)C(C)O1. The highest BCUT2D eigenvalue weighted by Crippen LogP contribution is 2.52. The van der Waals surface area contributed by atoms with Gasteiger partial charge in [-0.05, 0) is 32.4 Å². The lowest BCUT2D eigenvalue weighted by Gasteiger charge is -2.44. The van der Waals surface area contributed by atoms with Crippen molar-refractivity contribution in [2.45, 2.75) is 107 Å². The summed E-state index contributed by atoms with van der Waals surface area (Å²) in [6.07, 6.45) is -7.75. The normalized spacial score (nSPS) is 33.5. The molecule has 4 N–H and O–H groups in total. The number of aromatic hydroxyl groups is 2. The predicted octanol–water partition coefficient (Wildman–Crippen LogP) is 2.92. The number of phenols is 2. The Balaban J connectivity index is 1.35. The lowest BCUT2D eigenvalue weighted by atomic mass is 9.72. The predicted molar refractivity (Wildman–Crippen MR) is 170 cm³/mol. The van der Waals surface area contributed by atoms with Crippen LogP contribution in [-0.2, 0) is 34.9 Å². The molecule has 2 aliphatic carbocycles. The van der Waals surface area contributed by atoms with Crippen LogP contribution >= 0.6 is 0 Å². The molecule has 8 unspecified atom stereocenters. The van der Waals surface area contributed by atoms with Gasteiger partial charge in [0.15, 0.2) is 24.1 Å². The molecule has 268 valence electrons. The molecular formula is C34H39N3O13. The first-order chi connectivity index (χ1) is 23.7. The van der Waals surface area contributed by atoms with Gasteiger partial charge in [-0.3, -0.25) is 14.4 Å². The molecule has 2 aromatic rings. The summed E-state index contributed by atoms with van der Waals surface area (Å²) >= 11 is 0. The number of benzene rings is 2. The number of phenolic OH excluding ortho intramolecular Hbond substituents is 2. The number of hydrogen-bond donors (Lipinski definition) is 4. The van der Waals surface area contributed by atoms with E-state index in [-0.39, 0.29) is 40.8 Å². The van der Waals surface area contributed by atoms with E-state index in [2.05, 4.69) is 10.0 Å². The van der Waals surface area contributed by atoms with Gasteiger partial charge in [0.2, 0.25) is 5.78 Å². The van der Waals surface area contributed by atoms with Crippen molar-refractivity contribution in [3.63, 3.8) is 0 Å². The van der Waals surface area contributed by atoms with Crippen molar-refractivity contribution in [3.05, 3.63) is 62.0 Å². The van der Waals surface area contributed by atoms with Crippen molar-refractivity contribution in [1.29, 1.82) is 0 Å². The second-order valence-electron chi connectivity index (χ2n) is 13.1. The largest absolute Gasteiger partial charge is 0.507 e. The van der Waals surface area contributed by atoms with E-state index in [0.717, 1.165) is 6.92 Å². The molecule has 0 aromatic heterocycles. The minimum Gasteiger partial charge on any atom is -0.507 e. The molecule has 2 heterocycles. The number of nitrogens with zero attached hydrogens (tertiary/aromatic N) is 3. The van der Waals surface area contributed by atoms with Crippen LogP contribution in [0, 0.1) is 0 Å². The number of ether oxygens (including phenoxy) is 6. The molecule has 16 nitrogen and oxygen atoms in total. The summed E-state index contributed by atoms with van der Waals surface area (Å²) < 4.78 is 35.2. The standard InChI is InChI=1S/C34H39N3O13/c1-13-28(39)20(46-5)10-23(47-13)50-33-14(2)48-22(9-18(33)36-37-35)49-21-12-34(44,15(3)38)11-17-25(21)32(43)27-26(30(17)41)29(40)16-7-6-8-19(45-4)24(16)31(27)42/h6-8,13-14,18,20-23,28,33,39,41,43-44H,9-12H2,1-5H3/t13?,14?,18?,20?,21-,22?,23?,28?,33?,34-/m0/s1. The first-order valence-corrected chi connectivity index (χ1v) is 16.2. The van der Waals surface area contributed by atoms with Crippen LogP contribution in [0.2, 0.25) is 0 Å². The molecule has 10 atom stereocenters. The van der Waals surface area contributed by atoms with Crippen molar-refractivity contribution in [1.82, 2.24) is 0 Å². The molecule has 4 aliphatic rings. The molecule has 0 amide bonds. The average molecular weight is 698 g/mol. The van der Waals surface area contributed by atoms with Crippen LogP contribution in [0.15, 0.2) is 23.3 Å². The number of fused-ring (bicyclic) bond motifs is 3. The zero-order chi connectivity index (χ0) is 36.2. The summed E-state index contributed by atoms with van der Waals surface area (Å²) in [7, 11) is 2.79. The van der Waals surface area contributed by atoms with Gasteiger partial charge in [-0.25, -0.2) is 0 Å². The number of carbonyl (C=O) groups excluding carboxylic acids is 3. The van der Waals surface area contributed by atoms with Gasteiger partial charge in [0.25, 0.3) is 0 Å². The Kier molecular flexibility index (Phi) is 9.67. The maximum Gasteiger partial charge on any atom is 0.202 e. The monoisotopic (exact) mass is 697 g/mol. The smallest absolute Gasteiger partial charge is 0.202 e. The van der Waals surface area contributed by atoms with E-state index < -0.39 is 114 Å². The number of azide groups is 1. The minimum atomic E-state index is -2.09. The molecule has 0 saturated carbocycles. The zero-order valence-corrected chi connectivity index (χ0v) is 28.1. The third-order valence-electron chi connectivity index (χ3n) is 10.2. The van der Waals surface area contributed by atoms with Crippen molar-refractivity contribution in [3.8, 4) is 17.2 Å². The molecular weight excluding hydrogens is 658 g/mol. The summed E-state index contributed by atoms with van der Waals surface area (Å²) in [4.78, 5) is 43.4. The van der Waals surface area contributed by atoms with Crippen LogP contribution in [-0.4, -0.2) is 107 Å². The fraction of sp³-hybridized carbons (Fsp3) is 0.559. The maximum atomic E-state index is 13.9. The number of carbonyl (C=O) groups is 3. The fourth-order valence-corrected chi connectivity index (χ4v) is 7.48. The molecule has 6 rings (SSSR count). The zero-order valence-electron chi connectivity index (χ0n) is 28.1. The van der Waals surface area contributed by atoms with E-state index in [1.165, 1.54) is 32.4 Å². The number of methoxy groups -OCH3 is 2. The van der Waals surface area contributed by atoms with E-state index in [4.69, 9.17) is 28.4 Å². The number of Topliss-reactive ketones (excluding diaryl/α,β-unsaturated/α-hetero) is 1. The number of rotatable bonds is 8. The molecule has 0 spiro atoms. The summed E-state index contributed by atoms with van der Waals surface area (Å²) in [5, 5.41) is 49.1. The van der Waals surface area contributed by atoms with Crippen LogP contribution in [0.1, 0.15) is 89.1 Å². The molecule has 2 saturated heterocycles. The Morgan fingerprint density at radius 1 is 1.00 bits per heavy atom. The third-order valence-corrected chi connectivity index (χ3v) is 10.2. The van der Waals surface area contributed by atoms with Gasteiger partial charge in [0.05, 0.1) is 60.4 Å². The van der Waals surface area contributed by atoms with Crippen LogP contribution in [0.4, 0.5) is 0 Å². The van der Waals surface area contributed by atoms with Crippen molar-refractivity contribution >= 4 is 17.3 Å². The van der Waals surface area contributed by atoms with Crippen LogP contribution in [0.25, 0.3) is 10.4 Å². The van der Waals surface area contributed by atoms with Crippen LogP contribution in [0.5, 0.6) is 17.2 Å². The summed E-state index contributed by atoms with van der Waals surface area (Å²) in [6.45, 7) is 4.49. The lowest BCUT2D eigenvalue weighted by Crippen LogP contribution is -2.54. The van der Waals surface area contributed by atoms with E-state index in [1.807, 2.05) is 0 Å². The third kappa shape index (κ3) is 5.91. The Labute approximate surface area is 286 Å². The first-order valence-electron chi connectivity index (χ1n) is 16.2. The van der Waals surface area contributed by atoms with Gasteiger partial charge in [-0.2, -0.15) is 0 Å². The molecule has 0 bridgehead atoms. The number of aliphatic hydroxyl groups excluding tert-OH is 1. The highest BCUT2D eigenvalue weighted by molar-refractivity contribution is 6.31. The number of ketones is 3. The summed E-state index contributed by atoms with van der Waals surface area (Å²) in [5.41, 5.74) is 6.02. The maximum absolute atomic E-state index is 13.9. The van der Waals surface area contributed by atoms with E-state index in [9.17, 15) is 40.3 Å². The number of hydrogen-bond acceptors (Lipinski definition) is 14. The quantitative estimate of drug-likeness (QED) is 0.115. The van der Waals surface area contributed by atoms with Crippen molar-refractivity contribution in [2.24, 2.45) is 5.11 Å². The highest BCUT2D eigenvalue weighted by atomic mass is 16.7. The topological polar surface area (TPSA) is 236 Å². The van der Waals surface area contributed by atoms with Gasteiger partial charge in [-0.15, -0.1) is 0 Å². The Morgan fingerprint density at radius 3 is 2.34 bits per heavy atom. The van der Waals surface area contributed by atoms with Crippen molar-refractivity contribution in [2.75, 3.05) is 14.2 Å². The molecule has 2 fully saturated rings. The van der Waals surface area contributed by atoms with Gasteiger partial charge in [0.1, 0.15) is 29.0 Å². The van der Waals surface area contributed by atoms with E-state index >= 15 is 0 Å². The second kappa shape index (κ2) is 13.5. The van der Waals surface area contributed by atoms with E-state index in [1.54, 1.807) is 13.8 Å². The fourth-order valence-electron chi connectivity index (χ4n) is 7.48. The van der Waals surface area contributed by atoms with Crippen LogP contribution in [0.3, 0.4) is 0 Å². The molecule has 0 radical (unpaired) electrons. The molecule has 2 aromatic carbocycles. The first kappa shape index (κ1) is 35.7. The van der Waals surface area contributed by atoms with Gasteiger partial charge in [0, 0.05) is 54.4 Å². The Hall–Kier alpha value is -4.12. The average Bonchev–Trinajstić information content (AvgIpc) is 3.07. The minimum absolute atomic E-state index is 0.0469. The van der Waals surface area contributed by atoms with Crippen molar-refractivity contribution < 1.29 is 63.2 Å². The summed E-state index contributed by atoms with van der Waals surface area (Å²) in [5.74, 6) is -3.43. The van der Waals surface area contributed by atoms with Gasteiger partial charge >= 0.3 is 0 Å². The Morgan fingerprint density at radius 2 is 1.68 bits per heavy atom. The number of aliphatic hydroxyl groups is 2. The highest BCUT2D eigenvalue weighted by Gasteiger charge is 2.50. The molecule has 2 aliphatic heterocycles. The van der Waals surface area contributed by atoms with Gasteiger partial charge < -0.3 is 48.8 Å². The van der Waals surface area contributed by atoms with Crippen LogP contribution < -0.4 is 4.74 Å². The summed E-state index contributed by atoms with van der Waals surface area (Å²) in [6, 6.07) is 3.52. The lowest BCUT2D eigenvalue weighted by molar-refractivity contribution is -0.303. The van der Waals surface area contributed by atoms with Gasteiger partial charge in [-0.1, -0.05) is 17.2 Å². The molecule has 50 heavy (non-hydrogen) atoms. The second-order valence-corrected chi connectivity index (χ2v) is 13.1. The Bertz CT molecular complexity index is 1780. The van der Waals surface area contributed by atoms with E-state index in [0.29, 0.717) is 0 Å². The molecule has 16 heteroatoms.